The predicted octanol–water partition coefficient (Wildman–Crippen LogP) is 7.50. The molecule has 7 nitrogen and oxygen atoms in total. The van der Waals surface area contributed by atoms with Crippen LogP contribution in [-0.2, 0) is 32.6 Å². The SMILES string of the molecule is Cc1ccc(S(=O)(=O)N(CC(=O)N(Cc2ccc(Cl)cc2Cl)[C@H](Cc2ccccc2)C(=O)NC2CCCC2)c2cccc(C)c2)cc1. The molecule has 0 aromatic heterocycles. The van der Waals surface area contributed by atoms with Gasteiger partial charge >= 0.3 is 0 Å². The average molecular weight is 693 g/mol. The van der Waals surface area contributed by atoms with Crippen LogP contribution in [0.3, 0.4) is 0 Å². The van der Waals surface area contributed by atoms with Crippen molar-refractivity contribution in [2.45, 2.75) is 69.5 Å². The first kappa shape index (κ1) is 34.5. The van der Waals surface area contributed by atoms with Crippen LogP contribution in [-0.4, -0.2) is 43.8 Å². The van der Waals surface area contributed by atoms with Crippen molar-refractivity contribution in [2.24, 2.45) is 0 Å². The Kier molecular flexibility index (Phi) is 11.3. The summed E-state index contributed by atoms with van der Waals surface area (Å²) in [4.78, 5) is 30.3. The fourth-order valence-electron chi connectivity index (χ4n) is 5.90. The summed E-state index contributed by atoms with van der Waals surface area (Å²) in [6, 6.07) is 27.1. The van der Waals surface area contributed by atoms with Gasteiger partial charge in [-0.2, -0.15) is 0 Å². The summed E-state index contributed by atoms with van der Waals surface area (Å²) in [5.74, 6) is -0.835. The first-order valence-electron chi connectivity index (χ1n) is 15.7. The van der Waals surface area contributed by atoms with Gasteiger partial charge in [0.1, 0.15) is 12.6 Å². The third kappa shape index (κ3) is 8.74. The topological polar surface area (TPSA) is 86.8 Å². The summed E-state index contributed by atoms with van der Waals surface area (Å²) in [6.07, 6.45) is 4.03. The first-order chi connectivity index (χ1) is 22.5. The van der Waals surface area contributed by atoms with Crippen molar-refractivity contribution in [2.75, 3.05) is 10.8 Å². The van der Waals surface area contributed by atoms with Crippen LogP contribution in [0.1, 0.15) is 47.9 Å². The Morgan fingerprint density at radius 3 is 2.21 bits per heavy atom. The third-order valence-electron chi connectivity index (χ3n) is 8.51. The fourth-order valence-corrected chi connectivity index (χ4v) is 7.78. The number of nitrogens with zero attached hydrogens (tertiary/aromatic N) is 2. The zero-order valence-electron chi connectivity index (χ0n) is 26.5. The average Bonchev–Trinajstić information content (AvgIpc) is 3.56. The molecule has 0 radical (unpaired) electrons. The van der Waals surface area contributed by atoms with Crippen molar-refractivity contribution in [1.29, 1.82) is 0 Å². The molecule has 0 unspecified atom stereocenters. The molecule has 0 bridgehead atoms. The Bertz CT molecular complexity index is 1810. The second-order valence-electron chi connectivity index (χ2n) is 12.1. The number of hydrogen-bond acceptors (Lipinski definition) is 4. The van der Waals surface area contributed by atoms with Gasteiger partial charge in [0.15, 0.2) is 0 Å². The van der Waals surface area contributed by atoms with E-state index in [0.717, 1.165) is 46.7 Å². The number of aryl methyl sites for hydroxylation is 2. The van der Waals surface area contributed by atoms with E-state index in [4.69, 9.17) is 23.2 Å². The van der Waals surface area contributed by atoms with E-state index in [9.17, 15) is 18.0 Å². The van der Waals surface area contributed by atoms with Crippen LogP contribution in [0, 0.1) is 13.8 Å². The number of hydrogen-bond donors (Lipinski definition) is 1. The maximum absolute atomic E-state index is 14.7. The van der Waals surface area contributed by atoms with Crippen LogP contribution in [0.2, 0.25) is 10.0 Å². The molecule has 4 aromatic rings. The molecule has 0 aliphatic heterocycles. The molecule has 2 amide bonds. The van der Waals surface area contributed by atoms with Crippen LogP contribution in [0.25, 0.3) is 0 Å². The summed E-state index contributed by atoms with van der Waals surface area (Å²) >= 11 is 12.8. The maximum Gasteiger partial charge on any atom is 0.264 e. The molecule has 0 saturated heterocycles. The van der Waals surface area contributed by atoms with Gasteiger partial charge in [0.2, 0.25) is 11.8 Å². The molecule has 1 atom stereocenters. The summed E-state index contributed by atoms with van der Waals surface area (Å²) in [7, 11) is -4.18. The van der Waals surface area contributed by atoms with E-state index < -0.39 is 28.5 Å². The highest BCUT2D eigenvalue weighted by Crippen LogP contribution is 2.28. The molecule has 1 aliphatic rings. The monoisotopic (exact) mass is 691 g/mol. The Morgan fingerprint density at radius 2 is 1.55 bits per heavy atom. The van der Waals surface area contributed by atoms with Crippen molar-refractivity contribution < 1.29 is 18.0 Å². The van der Waals surface area contributed by atoms with Crippen LogP contribution < -0.4 is 9.62 Å². The fraction of sp³-hybridized carbons (Fsp3) is 0.297. The van der Waals surface area contributed by atoms with Gasteiger partial charge in [0, 0.05) is 29.1 Å². The molecule has 47 heavy (non-hydrogen) atoms. The van der Waals surface area contributed by atoms with E-state index in [0.29, 0.717) is 21.3 Å². The van der Waals surface area contributed by atoms with Gasteiger partial charge in [0.05, 0.1) is 10.6 Å². The molecular weight excluding hydrogens is 653 g/mol. The van der Waals surface area contributed by atoms with Gasteiger partial charge in [-0.25, -0.2) is 8.42 Å². The maximum atomic E-state index is 14.7. The van der Waals surface area contributed by atoms with Gasteiger partial charge in [-0.05, 0) is 79.8 Å². The Hall–Kier alpha value is -3.85. The summed E-state index contributed by atoms with van der Waals surface area (Å²) < 4.78 is 29.6. The van der Waals surface area contributed by atoms with E-state index >= 15 is 0 Å². The van der Waals surface area contributed by atoms with Crippen molar-refractivity contribution in [3.63, 3.8) is 0 Å². The van der Waals surface area contributed by atoms with E-state index in [1.807, 2.05) is 50.2 Å². The van der Waals surface area contributed by atoms with Crippen molar-refractivity contribution in [3.05, 3.63) is 129 Å². The minimum atomic E-state index is -4.18. The number of amides is 2. The minimum absolute atomic E-state index is 0.0163. The predicted molar refractivity (Wildman–Crippen MR) is 188 cm³/mol. The number of rotatable bonds is 12. The molecule has 246 valence electrons. The minimum Gasteiger partial charge on any atom is -0.352 e. The Balaban J connectivity index is 1.58. The van der Waals surface area contributed by atoms with Crippen LogP contribution in [0.15, 0.2) is 102 Å². The smallest absolute Gasteiger partial charge is 0.264 e. The zero-order valence-corrected chi connectivity index (χ0v) is 28.9. The Morgan fingerprint density at radius 1 is 0.851 bits per heavy atom. The molecule has 1 saturated carbocycles. The summed E-state index contributed by atoms with van der Waals surface area (Å²) in [5.41, 5.74) is 3.53. The lowest BCUT2D eigenvalue weighted by Gasteiger charge is -2.34. The quantitative estimate of drug-likeness (QED) is 0.167. The highest BCUT2D eigenvalue weighted by Gasteiger charge is 2.36. The number of sulfonamides is 1. The lowest BCUT2D eigenvalue weighted by Crippen LogP contribution is -2.54. The van der Waals surface area contributed by atoms with E-state index in [2.05, 4.69) is 5.32 Å². The highest BCUT2D eigenvalue weighted by atomic mass is 35.5. The van der Waals surface area contributed by atoms with Gasteiger partial charge in [-0.1, -0.05) is 102 Å². The molecule has 4 aromatic carbocycles. The number of benzene rings is 4. The number of nitrogens with one attached hydrogen (secondary N) is 1. The van der Waals surface area contributed by atoms with Crippen molar-refractivity contribution in [3.8, 4) is 0 Å². The molecule has 5 rings (SSSR count). The number of carbonyl (C=O) groups excluding carboxylic acids is 2. The van der Waals surface area contributed by atoms with Crippen LogP contribution in [0.5, 0.6) is 0 Å². The molecule has 0 heterocycles. The summed E-state index contributed by atoms with van der Waals surface area (Å²) in [5, 5.41) is 3.96. The number of carbonyl (C=O) groups is 2. The van der Waals surface area contributed by atoms with Crippen LogP contribution >= 0.6 is 23.2 Å². The second kappa shape index (κ2) is 15.4. The largest absolute Gasteiger partial charge is 0.352 e. The normalized spacial score (nSPS) is 14.0. The standard InChI is InChI=1S/C37H39Cl2N3O4S/c1-26-15-19-33(20-16-26)47(45,46)42(32-14-8-9-27(2)21-32)25-36(43)41(24-29-17-18-30(38)23-34(29)39)35(22-28-10-4-3-5-11-28)37(44)40-31-12-6-7-13-31/h3-5,8-11,14-21,23,31,35H,6-7,12-13,22,24-25H2,1-2H3,(H,40,44)/t35-/m1/s1. The van der Waals surface area contributed by atoms with Crippen molar-refractivity contribution >= 4 is 50.7 Å². The lowest BCUT2D eigenvalue weighted by atomic mass is 10.0. The van der Waals surface area contributed by atoms with E-state index in [1.54, 1.807) is 48.5 Å². The number of anilines is 1. The van der Waals surface area contributed by atoms with Gasteiger partial charge in [0.25, 0.3) is 10.0 Å². The summed E-state index contributed by atoms with van der Waals surface area (Å²) in [6.45, 7) is 3.17. The molecular formula is C37H39Cl2N3O4S. The molecule has 0 spiro atoms. The van der Waals surface area contributed by atoms with Gasteiger partial charge in [-0.15, -0.1) is 0 Å². The molecule has 1 aliphatic carbocycles. The van der Waals surface area contributed by atoms with E-state index in [-0.39, 0.29) is 29.8 Å². The Labute approximate surface area is 287 Å². The van der Waals surface area contributed by atoms with Gasteiger partial charge in [-0.3, -0.25) is 13.9 Å². The van der Waals surface area contributed by atoms with E-state index in [1.165, 1.54) is 17.0 Å². The second-order valence-corrected chi connectivity index (χ2v) is 14.8. The highest BCUT2D eigenvalue weighted by molar-refractivity contribution is 7.92. The third-order valence-corrected chi connectivity index (χ3v) is 10.9. The van der Waals surface area contributed by atoms with Crippen molar-refractivity contribution in [1.82, 2.24) is 10.2 Å². The molecule has 1 N–H and O–H groups in total. The zero-order chi connectivity index (χ0) is 33.6. The number of halogens is 2. The first-order valence-corrected chi connectivity index (χ1v) is 17.9. The molecule has 1 fully saturated rings. The van der Waals surface area contributed by atoms with Gasteiger partial charge < -0.3 is 10.2 Å². The lowest BCUT2D eigenvalue weighted by molar-refractivity contribution is -0.140. The van der Waals surface area contributed by atoms with Crippen LogP contribution in [0.4, 0.5) is 5.69 Å². The molecule has 10 heteroatoms.